The highest BCUT2D eigenvalue weighted by atomic mass is 32.2. The molecule has 1 fully saturated rings. The van der Waals surface area contributed by atoms with E-state index in [9.17, 15) is 4.79 Å². The van der Waals surface area contributed by atoms with Crippen LogP contribution in [0.1, 0.15) is 36.0 Å². The predicted octanol–water partition coefficient (Wildman–Crippen LogP) is 2.68. The minimum absolute atomic E-state index is 0.0647. The molecule has 1 aliphatic rings. The number of benzene rings is 1. The Kier molecular flexibility index (Phi) is 6.09. The molecular formula is C16H20N2O2S. The van der Waals surface area contributed by atoms with Crippen molar-refractivity contribution in [2.45, 2.75) is 36.6 Å². The minimum Gasteiger partial charge on any atom is -0.396 e. The van der Waals surface area contributed by atoms with Gasteiger partial charge in [0.2, 0.25) is 0 Å². The van der Waals surface area contributed by atoms with Gasteiger partial charge in [-0.05, 0) is 43.9 Å². The van der Waals surface area contributed by atoms with Gasteiger partial charge in [-0.3, -0.25) is 4.79 Å². The van der Waals surface area contributed by atoms with E-state index in [4.69, 9.17) is 10.4 Å². The van der Waals surface area contributed by atoms with Gasteiger partial charge in [-0.25, -0.2) is 0 Å². The lowest BCUT2D eigenvalue weighted by molar-refractivity contribution is 0.0724. The second kappa shape index (κ2) is 8.06. The summed E-state index contributed by atoms with van der Waals surface area (Å²) in [5, 5.41) is 17.6. The van der Waals surface area contributed by atoms with Crippen LogP contribution in [0.15, 0.2) is 29.2 Å². The molecule has 0 aromatic heterocycles. The molecule has 1 aromatic rings. The van der Waals surface area contributed by atoms with Gasteiger partial charge in [0.15, 0.2) is 0 Å². The number of aliphatic hydroxyl groups is 1. The quantitative estimate of drug-likeness (QED) is 0.821. The van der Waals surface area contributed by atoms with Gasteiger partial charge in [-0.15, -0.1) is 11.8 Å². The fourth-order valence-corrected chi connectivity index (χ4v) is 3.35. The van der Waals surface area contributed by atoms with E-state index in [1.807, 2.05) is 29.2 Å². The molecule has 112 valence electrons. The third kappa shape index (κ3) is 4.23. The lowest BCUT2D eigenvalue weighted by atomic mass is 10.1. The molecular weight excluding hydrogens is 284 g/mol. The van der Waals surface area contributed by atoms with E-state index in [0.717, 1.165) is 37.1 Å². The van der Waals surface area contributed by atoms with E-state index >= 15 is 0 Å². The molecule has 1 amide bonds. The minimum atomic E-state index is 0.0647. The van der Waals surface area contributed by atoms with Crippen molar-refractivity contribution in [3.63, 3.8) is 0 Å². The number of amides is 1. The molecule has 0 saturated carbocycles. The fraction of sp³-hybridized carbons (Fsp3) is 0.500. The molecule has 1 N–H and O–H groups in total. The number of likely N-dealkylation sites (tertiary alicyclic amines) is 1. The maximum Gasteiger partial charge on any atom is 0.254 e. The highest BCUT2D eigenvalue weighted by Crippen LogP contribution is 2.25. The van der Waals surface area contributed by atoms with Crippen LogP contribution < -0.4 is 0 Å². The normalized spacial score (nSPS) is 17.7. The van der Waals surface area contributed by atoms with Gasteiger partial charge in [0.25, 0.3) is 5.91 Å². The molecule has 21 heavy (non-hydrogen) atoms. The number of carbonyl (C=O) groups excluding carboxylic acids is 1. The molecule has 1 aromatic carbocycles. The summed E-state index contributed by atoms with van der Waals surface area (Å²) in [5.74, 6) is 0.454. The molecule has 1 unspecified atom stereocenters. The highest BCUT2D eigenvalue weighted by molar-refractivity contribution is 7.99. The van der Waals surface area contributed by atoms with Crippen LogP contribution in [0.25, 0.3) is 0 Å². The van der Waals surface area contributed by atoms with E-state index in [1.165, 1.54) is 11.8 Å². The number of aliphatic hydroxyl groups excluding tert-OH is 1. The first-order valence-corrected chi connectivity index (χ1v) is 8.26. The van der Waals surface area contributed by atoms with E-state index in [2.05, 4.69) is 6.07 Å². The molecule has 0 bridgehead atoms. The monoisotopic (exact) mass is 304 g/mol. The second-order valence-corrected chi connectivity index (χ2v) is 6.18. The second-order valence-electron chi connectivity index (χ2n) is 5.14. The largest absolute Gasteiger partial charge is 0.396 e. The summed E-state index contributed by atoms with van der Waals surface area (Å²) in [6.07, 6.45) is 3.66. The zero-order chi connectivity index (χ0) is 15.1. The number of nitriles is 1. The van der Waals surface area contributed by atoms with Crippen molar-refractivity contribution >= 4 is 17.7 Å². The van der Waals surface area contributed by atoms with Crippen LogP contribution in [0.2, 0.25) is 0 Å². The molecule has 4 nitrogen and oxygen atoms in total. The molecule has 1 aliphatic heterocycles. The van der Waals surface area contributed by atoms with Gasteiger partial charge in [0.1, 0.15) is 0 Å². The smallest absolute Gasteiger partial charge is 0.254 e. The summed E-state index contributed by atoms with van der Waals surface area (Å²) in [6, 6.07) is 9.83. The van der Waals surface area contributed by atoms with Gasteiger partial charge in [-0.1, -0.05) is 6.07 Å². The Morgan fingerprint density at radius 1 is 1.52 bits per heavy atom. The van der Waals surface area contributed by atoms with Crippen molar-refractivity contribution in [1.82, 2.24) is 4.90 Å². The molecule has 0 aliphatic carbocycles. The van der Waals surface area contributed by atoms with Gasteiger partial charge in [0, 0.05) is 29.7 Å². The van der Waals surface area contributed by atoms with Crippen molar-refractivity contribution in [3.05, 3.63) is 29.8 Å². The summed E-state index contributed by atoms with van der Waals surface area (Å²) in [7, 11) is 0. The molecule has 1 saturated heterocycles. The average Bonchev–Trinajstić information content (AvgIpc) is 2.98. The van der Waals surface area contributed by atoms with E-state index in [-0.39, 0.29) is 18.6 Å². The Labute approximate surface area is 129 Å². The van der Waals surface area contributed by atoms with Crippen molar-refractivity contribution in [3.8, 4) is 6.07 Å². The van der Waals surface area contributed by atoms with Crippen molar-refractivity contribution < 1.29 is 9.90 Å². The van der Waals surface area contributed by atoms with Crippen LogP contribution >= 0.6 is 11.8 Å². The van der Waals surface area contributed by atoms with Crippen molar-refractivity contribution in [1.29, 1.82) is 5.26 Å². The van der Waals surface area contributed by atoms with Crippen molar-refractivity contribution in [2.24, 2.45) is 0 Å². The number of rotatable bonds is 6. The summed E-state index contributed by atoms with van der Waals surface area (Å²) in [6.45, 7) is 0.976. The zero-order valence-corrected chi connectivity index (χ0v) is 12.8. The maximum atomic E-state index is 12.6. The van der Waals surface area contributed by atoms with Crippen LogP contribution in [-0.2, 0) is 0 Å². The topological polar surface area (TPSA) is 64.3 Å². The summed E-state index contributed by atoms with van der Waals surface area (Å²) in [4.78, 5) is 15.5. The molecule has 0 spiro atoms. The standard InChI is InChI=1S/C16H20N2O2S/c17-8-11-21-15-7-1-4-13(12-15)16(20)18-9-2-5-14(18)6-3-10-19/h1,4,7,12,14,19H,2-3,5-6,9-11H2. The van der Waals surface area contributed by atoms with Gasteiger partial charge in [-0.2, -0.15) is 5.26 Å². The number of nitrogens with zero attached hydrogens (tertiary/aromatic N) is 2. The molecule has 2 rings (SSSR count). The third-order valence-electron chi connectivity index (χ3n) is 3.72. The van der Waals surface area contributed by atoms with Crippen molar-refractivity contribution in [2.75, 3.05) is 18.9 Å². The summed E-state index contributed by atoms with van der Waals surface area (Å²) < 4.78 is 0. The summed E-state index contributed by atoms with van der Waals surface area (Å²) >= 11 is 1.44. The Bertz CT molecular complexity index is 527. The van der Waals surface area contributed by atoms with Crippen LogP contribution in [-0.4, -0.2) is 40.9 Å². The molecule has 0 radical (unpaired) electrons. The van der Waals surface area contributed by atoms with E-state index < -0.39 is 0 Å². The van der Waals surface area contributed by atoms with Crippen LogP contribution in [0.4, 0.5) is 0 Å². The van der Waals surface area contributed by atoms with Crippen LogP contribution in [0.5, 0.6) is 0 Å². The van der Waals surface area contributed by atoms with E-state index in [0.29, 0.717) is 11.3 Å². The van der Waals surface area contributed by atoms with Crippen LogP contribution in [0, 0.1) is 11.3 Å². The number of thioether (sulfide) groups is 1. The lowest BCUT2D eigenvalue weighted by Gasteiger charge is -2.24. The first-order valence-electron chi connectivity index (χ1n) is 7.28. The molecule has 1 heterocycles. The Morgan fingerprint density at radius 3 is 3.14 bits per heavy atom. The summed E-state index contributed by atoms with van der Waals surface area (Å²) in [5.41, 5.74) is 0.689. The van der Waals surface area contributed by atoms with Crippen LogP contribution in [0.3, 0.4) is 0 Å². The van der Waals surface area contributed by atoms with Gasteiger partial charge in [0.05, 0.1) is 11.8 Å². The number of hydrogen-bond donors (Lipinski definition) is 1. The SMILES string of the molecule is N#CCSc1cccc(C(=O)N2CCCC2CCCO)c1. The number of carbonyl (C=O) groups is 1. The third-order valence-corrected chi connectivity index (χ3v) is 4.58. The van der Waals surface area contributed by atoms with Gasteiger partial charge >= 0.3 is 0 Å². The van der Waals surface area contributed by atoms with E-state index in [1.54, 1.807) is 0 Å². The Morgan fingerprint density at radius 2 is 2.38 bits per heavy atom. The maximum absolute atomic E-state index is 12.6. The fourth-order valence-electron chi connectivity index (χ4n) is 2.73. The zero-order valence-electron chi connectivity index (χ0n) is 12.0. The molecule has 1 atom stereocenters. The van der Waals surface area contributed by atoms with Gasteiger partial charge < -0.3 is 10.0 Å². The average molecular weight is 304 g/mol. The molecule has 5 heteroatoms. The highest BCUT2D eigenvalue weighted by Gasteiger charge is 2.28. The Balaban J connectivity index is 2.06. The Hall–Kier alpha value is -1.51. The first kappa shape index (κ1) is 15.9. The first-order chi connectivity index (χ1) is 10.3. The lowest BCUT2D eigenvalue weighted by Crippen LogP contribution is -2.35. The predicted molar refractivity (Wildman–Crippen MR) is 83.2 cm³/mol. The number of hydrogen-bond acceptors (Lipinski definition) is 4.